The van der Waals surface area contributed by atoms with E-state index in [1.807, 2.05) is 28.1 Å². The molecule has 7 heteroatoms. The maximum Gasteiger partial charge on any atom is 0.385 e. The van der Waals surface area contributed by atoms with Gasteiger partial charge in [-0.25, -0.2) is 0 Å². The van der Waals surface area contributed by atoms with E-state index in [4.69, 9.17) is 14.0 Å². The molecule has 0 aliphatic carbocycles. The van der Waals surface area contributed by atoms with Gasteiger partial charge in [-0.2, -0.15) is 0 Å². The van der Waals surface area contributed by atoms with Crippen LogP contribution in [0.2, 0.25) is 0 Å². The summed E-state index contributed by atoms with van der Waals surface area (Å²) in [5.74, 6) is -0.461. The van der Waals surface area contributed by atoms with Gasteiger partial charge in [0, 0.05) is 20.1 Å². The molecule has 0 bridgehead atoms. The molecule has 0 aromatic carbocycles. The molecule has 0 heterocycles. The Bertz CT molecular complexity index is 677. The third-order valence-electron chi connectivity index (χ3n) is 7.68. The predicted octanol–water partition coefficient (Wildman–Crippen LogP) is 9.82. The fraction of sp³-hybridized carbons (Fsp3) is 0.882. The molecule has 41 heavy (non-hydrogen) atoms. The number of methoxy groups -OCH3 is 1. The summed E-state index contributed by atoms with van der Waals surface area (Å²) in [6.07, 6.45) is 33.0. The van der Waals surface area contributed by atoms with E-state index in [1.54, 1.807) is 7.11 Å². The Morgan fingerprint density at radius 1 is 0.683 bits per heavy atom. The van der Waals surface area contributed by atoms with Gasteiger partial charge in [0.2, 0.25) is 0 Å². The first-order chi connectivity index (χ1) is 19.7. The van der Waals surface area contributed by atoms with Crippen LogP contribution in [-0.2, 0) is 18.6 Å². The number of allylic oxidation sites excluding steroid dienone is 4. The van der Waals surface area contributed by atoms with Crippen LogP contribution in [0.4, 0.5) is 0 Å². The molecule has 1 N–H and O–H groups in total. The SMILES string of the molecule is CCCCC/C=C\CCCCCCCCCC/C=C\CCCCCOC[C@H](COP(=O)(O)C(CC)[N+](C)(C)C)OC. The molecule has 0 aliphatic rings. The second-order valence-corrected chi connectivity index (χ2v) is 14.5. The third kappa shape index (κ3) is 24.6. The van der Waals surface area contributed by atoms with Crippen molar-refractivity contribution >= 4 is 7.60 Å². The highest BCUT2D eigenvalue weighted by Gasteiger charge is 2.41. The number of ether oxygens (including phenoxy) is 2. The zero-order valence-corrected chi connectivity index (χ0v) is 28.9. The van der Waals surface area contributed by atoms with Gasteiger partial charge < -0.3 is 23.4 Å². The van der Waals surface area contributed by atoms with Crippen molar-refractivity contribution in [2.24, 2.45) is 0 Å². The summed E-state index contributed by atoms with van der Waals surface area (Å²) in [5, 5.41) is 0. The third-order valence-corrected chi connectivity index (χ3v) is 10.0. The van der Waals surface area contributed by atoms with Gasteiger partial charge >= 0.3 is 7.60 Å². The van der Waals surface area contributed by atoms with E-state index in [2.05, 4.69) is 31.2 Å². The number of hydrogen-bond donors (Lipinski definition) is 1. The monoisotopic (exact) mass is 602 g/mol. The maximum atomic E-state index is 12.7. The molecule has 0 spiro atoms. The van der Waals surface area contributed by atoms with Crippen molar-refractivity contribution < 1.29 is 27.9 Å². The number of hydrogen-bond acceptors (Lipinski definition) is 4. The Kier molecular flexibility index (Phi) is 26.8. The van der Waals surface area contributed by atoms with Crippen LogP contribution in [0, 0.1) is 0 Å². The minimum atomic E-state index is -3.75. The summed E-state index contributed by atoms with van der Waals surface area (Å²) in [6, 6.07) is 0. The molecule has 0 aromatic heterocycles. The van der Waals surface area contributed by atoms with E-state index >= 15 is 0 Å². The lowest BCUT2D eigenvalue weighted by Gasteiger charge is -2.35. The van der Waals surface area contributed by atoms with Gasteiger partial charge in [-0.15, -0.1) is 0 Å². The van der Waals surface area contributed by atoms with E-state index in [-0.39, 0.29) is 12.7 Å². The molecule has 6 nitrogen and oxygen atoms in total. The van der Waals surface area contributed by atoms with Crippen molar-refractivity contribution in [3.05, 3.63) is 24.3 Å². The normalized spacial score (nSPS) is 15.6. The number of unbranched alkanes of at least 4 members (excludes halogenated alkanes) is 15. The molecule has 0 rings (SSSR count). The molecule has 0 aromatic rings. The van der Waals surface area contributed by atoms with Crippen LogP contribution in [0.25, 0.3) is 0 Å². The van der Waals surface area contributed by atoms with Crippen molar-refractivity contribution in [3.8, 4) is 0 Å². The first kappa shape index (κ1) is 40.5. The molecule has 0 amide bonds. The second kappa shape index (κ2) is 27.1. The van der Waals surface area contributed by atoms with E-state index in [0.29, 0.717) is 24.1 Å². The van der Waals surface area contributed by atoms with Gasteiger partial charge in [-0.3, -0.25) is 4.57 Å². The van der Waals surface area contributed by atoms with Crippen molar-refractivity contribution in [2.45, 2.75) is 148 Å². The molecule has 0 saturated heterocycles. The first-order valence-electron chi connectivity index (χ1n) is 16.9. The fourth-order valence-corrected chi connectivity index (χ4v) is 6.99. The van der Waals surface area contributed by atoms with Crippen LogP contribution in [0.15, 0.2) is 24.3 Å². The van der Waals surface area contributed by atoms with E-state index in [9.17, 15) is 9.46 Å². The number of quaternary nitrogens is 1. The zero-order valence-electron chi connectivity index (χ0n) is 28.0. The number of rotatable bonds is 30. The minimum absolute atomic E-state index is 0.0585. The molecule has 2 unspecified atom stereocenters. The molecule has 0 aliphatic heterocycles. The molecule has 0 saturated carbocycles. The fourth-order valence-electron chi connectivity index (χ4n) is 5.10. The highest BCUT2D eigenvalue weighted by atomic mass is 31.2. The summed E-state index contributed by atoms with van der Waals surface area (Å²) >= 11 is 0. The van der Waals surface area contributed by atoms with Crippen molar-refractivity contribution in [2.75, 3.05) is 48.1 Å². The predicted molar refractivity (Wildman–Crippen MR) is 177 cm³/mol. The topological polar surface area (TPSA) is 65.0 Å². The molecule has 244 valence electrons. The second-order valence-electron chi connectivity index (χ2n) is 12.5. The van der Waals surface area contributed by atoms with Crippen LogP contribution in [0.3, 0.4) is 0 Å². The van der Waals surface area contributed by atoms with E-state index < -0.39 is 13.4 Å². The van der Waals surface area contributed by atoms with Crippen LogP contribution >= 0.6 is 7.60 Å². The summed E-state index contributed by atoms with van der Waals surface area (Å²) < 4.78 is 29.7. The Morgan fingerprint density at radius 3 is 1.54 bits per heavy atom. The minimum Gasteiger partial charge on any atom is -0.379 e. The Labute approximate surface area is 255 Å². The van der Waals surface area contributed by atoms with Gasteiger partial charge in [0.15, 0.2) is 5.78 Å². The summed E-state index contributed by atoms with van der Waals surface area (Å²) in [5.41, 5.74) is 0. The summed E-state index contributed by atoms with van der Waals surface area (Å²) in [7, 11) is 3.57. The average Bonchev–Trinajstić information content (AvgIpc) is 2.92. The Hall–Kier alpha value is -0.490. The van der Waals surface area contributed by atoms with Crippen molar-refractivity contribution in [3.63, 3.8) is 0 Å². The van der Waals surface area contributed by atoms with Crippen LogP contribution in [-0.4, -0.2) is 69.3 Å². The first-order valence-corrected chi connectivity index (χ1v) is 18.5. The van der Waals surface area contributed by atoms with Gasteiger partial charge in [-0.05, 0) is 57.8 Å². The standard InChI is InChI=1S/C34H68NO5P/c1-7-9-10-11-12-13-14-15-16-17-18-19-20-21-22-23-24-25-26-27-28-29-30-39-31-33(38-6)32-40-41(36,37)34(8-2)35(3,4)5/h12-13,24-25,33-34H,7-11,14-23,26-32H2,1-6H3/p+1/b13-12-,25-24-/t33-,34?/m1/s1. The lowest BCUT2D eigenvalue weighted by Crippen LogP contribution is -2.45. The van der Waals surface area contributed by atoms with Crippen LogP contribution in [0.1, 0.15) is 136 Å². The van der Waals surface area contributed by atoms with Gasteiger partial charge in [-0.1, -0.05) is 95.9 Å². The zero-order chi connectivity index (χ0) is 30.7. The maximum absolute atomic E-state index is 12.7. The highest BCUT2D eigenvalue weighted by Crippen LogP contribution is 2.51. The van der Waals surface area contributed by atoms with Gasteiger partial charge in [0.05, 0.1) is 34.4 Å². The van der Waals surface area contributed by atoms with Crippen LogP contribution in [0.5, 0.6) is 0 Å². The average molecular weight is 603 g/mol. The molecular formula is C34H69NO5P+. The molecule has 0 radical (unpaired) electrons. The van der Waals surface area contributed by atoms with Gasteiger partial charge in [0.1, 0.15) is 6.10 Å². The van der Waals surface area contributed by atoms with Crippen molar-refractivity contribution in [1.29, 1.82) is 0 Å². The van der Waals surface area contributed by atoms with E-state index in [1.165, 1.54) is 96.3 Å². The Balaban J connectivity index is 3.58. The molecule has 0 fully saturated rings. The lowest BCUT2D eigenvalue weighted by molar-refractivity contribution is -0.883. The summed E-state index contributed by atoms with van der Waals surface area (Å²) in [4.78, 5) is 10.4. The molecular weight excluding hydrogens is 533 g/mol. The quantitative estimate of drug-likeness (QED) is 0.0384. The highest BCUT2D eigenvalue weighted by molar-refractivity contribution is 7.53. The van der Waals surface area contributed by atoms with Gasteiger partial charge in [0.25, 0.3) is 0 Å². The lowest BCUT2D eigenvalue weighted by atomic mass is 10.1. The van der Waals surface area contributed by atoms with Crippen LogP contribution < -0.4 is 0 Å². The summed E-state index contributed by atoms with van der Waals surface area (Å²) in [6.45, 7) is 5.28. The Morgan fingerprint density at radius 2 is 1.12 bits per heavy atom. The smallest absolute Gasteiger partial charge is 0.379 e. The molecule has 3 atom stereocenters. The largest absolute Gasteiger partial charge is 0.385 e. The van der Waals surface area contributed by atoms with Crippen molar-refractivity contribution in [1.82, 2.24) is 0 Å². The number of nitrogens with zero attached hydrogens (tertiary/aromatic N) is 1. The van der Waals surface area contributed by atoms with E-state index in [0.717, 1.165) is 19.3 Å².